The maximum atomic E-state index is 12.0. The summed E-state index contributed by atoms with van der Waals surface area (Å²) in [5.74, 6) is -0.358. The number of hydrogen-bond acceptors (Lipinski definition) is 4. The summed E-state index contributed by atoms with van der Waals surface area (Å²) in [4.78, 5) is 11.3. The predicted molar refractivity (Wildman–Crippen MR) is 69.9 cm³/mol. The van der Waals surface area contributed by atoms with Crippen molar-refractivity contribution in [2.45, 2.75) is 11.8 Å². The SMILES string of the molecule is CCNC(=O)CNS(=O)(=O)c1ccccc1NC. The minimum absolute atomic E-state index is 0.122. The van der Waals surface area contributed by atoms with Crippen LogP contribution in [0.3, 0.4) is 0 Å². The highest BCUT2D eigenvalue weighted by molar-refractivity contribution is 7.89. The quantitative estimate of drug-likeness (QED) is 0.687. The second kappa shape index (κ2) is 6.36. The zero-order chi connectivity index (χ0) is 13.6. The number of carbonyl (C=O) groups excluding carboxylic acids is 1. The monoisotopic (exact) mass is 271 g/mol. The van der Waals surface area contributed by atoms with E-state index in [0.717, 1.165) is 0 Å². The van der Waals surface area contributed by atoms with Gasteiger partial charge in [-0.3, -0.25) is 4.79 Å². The van der Waals surface area contributed by atoms with Crippen molar-refractivity contribution in [1.29, 1.82) is 0 Å². The van der Waals surface area contributed by atoms with Gasteiger partial charge in [0.2, 0.25) is 15.9 Å². The molecular formula is C11H17N3O3S. The molecule has 0 aliphatic rings. The number of rotatable bonds is 6. The van der Waals surface area contributed by atoms with Gasteiger partial charge in [-0.25, -0.2) is 13.1 Å². The molecule has 0 unspecified atom stereocenters. The molecule has 0 fully saturated rings. The predicted octanol–water partition coefficient (Wildman–Crippen LogP) is 0.143. The summed E-state index contributed by atoms with van der Waals surface area (Å²) in [7, 11) is -2.05. The van der Waals surface area contributed by atoms with Crippen molar-refractivity contribution in [3.05, 3.63) is 24.3 Å². The van der Waals surface area contributed by atoms with E-state index in [4.69, 9.17) is 0 Å². The topological polar surface area (TPSA) is 87.3 Å². The normalized spacial score (nSPS) is 11.0. The fourth-order valence-electron chi connectivity index (χ4n) is 1.41. The molecule has 18 heavy (non-hydrogen) atoms. The number of benzene rings is 1. The van der Waals surface area contributed by atoms with E-state index in [2.05, 4.69) is 15.4 Å². The standard InChI is InChI=1S/C11H17N3O3S/c1-3-13-11(15)8-14-18(16,17)10-7-5-4-6-9(10)12-2/h4-7,12,14H,3,8H2,1-2H3,(H,13,15). The van der Waals surface area contributed by atoms with E-state index < -0.39 is 10.0 Å². The number of hydrogen-bond donors (Lipinski definition) is 3. The van der Waals surface area contributed by atoms with E-state index in [0.29, 0.717) is 12.2 Å². The molecule has 1 amide bonds. The van der Waals surface area contributed by atoms with Gasteiger partial charge in [-0.05, 0) is 19.1 Å². The van der Waals surface area contributed by atoms with Crippen molar-refractivity contribution in [3.63, 3.8) is 0 Å². The molecule has 1 aromatic rings. The lowest BCUT2D eigenvalue weighted by atomic mass is 10.3. The van der Waals surface area contributed by atoms with Gasteiger partial charge >= 0.3 is 0 Å². The first-order valence-electron chi connectivity index (χ1n) is 5.54. The van der Waals surface area contributed by atoms with Crippen LogP contribution in [0.5, 0.6) is 0 Å². The van der Waals surface area contributed by atoms with Gasteiger partial charge in [-0.2, -0.15) is 0 Å². The molecule has 0 aliphatic heterocycles. The zero-order valence-corrected chi connectivity index (χ0v) is 11.2. The largest absolute Gasteiger partial charge is 0.387 e. The molecule has 1 aromatic carbocycles. The molecule has 1 rings (SSSR count). The lowest BCUT2D eigenvalue weighted by molar-refractivity contribution is -0.119. The van der Waals surface area contributed by atoms with Crippen LogP contribution in [0, 0.1) is 0 Å². The molecule has 0 saturated carbocycles. The van der Waals surface area contributed by atoms with Crippen LogP contribution in [-0.4, -0.2) is 34.5 Å². The molecular weight excluding hydrogens is 254 g/mol. The molecule has 100 valence electrons. The van der Waals surface area contributed by atoms with Gasteiger partial charge in [-0.1, -0.05) is 12.1 Å². The Bertz CT molecular complexity index is 514. The molecule has 0 saturated heterocycles. The van der Waals surface area contributed by atoms with E-state index in [9.17, 15) is 13.2 Å². The third-order valence-electron chi connectivity index (χ3n) is 2.24. The number of amides is 1. The molecule has 0 aromatic heterocycles. The number of nitrogens with one attached hydrogen (secondary N) is 3. The minimum atomic E-state index is -3.69. The number of para-hydroxylation sites is 1. The van der Waals surface area contributed by atoms with E-state index in [1.54, 1.807) is 32.2 Å². The highest BCUT2D eigenvalue weighted by Gasteiger charge is 2.18. The summed E-state index contributed by atoms with van der Waals surface area (Å²) in [6, 6.07) is 6.49. The average Bonchev–Trinajstić information content (AvgIpc) is 2.37. The smallest absolute Gasteiger partial charge is 0.243 e. The molecule has 3 N–H and O–H groups in total. The summed E-state index contributed by atoms with van der Waals surface area (Å²) in [6.07, 6.45) is 0. The molecule has 0 radical (unpaired) electrons. The van der Waals surface area contributed by atoms with Crippen molar-refractivity contribution in [1.82, 2.24) is 10.0 Å². The first kappa shape index (κ1) is 14.5. The Morgan fingerprint density at radius 2 is 1.94 bits per heavy atom. The van der Waals surface area contributed by atoms with Gasteiger partial charge in [0.15, 0.2) is 0 Å². The van der Waals surface area contributed by atoms with Crippen LogP contribution >= 0.6 is 0 Å². The number of likely N-dealkylation sites (N-methyl/N-ethyl adjacent to an activating group) is 1. The fourth-order valence-corrected chi connectivity index (χ4v) is 2.60. The van der Waals surface area contributed by atoms with Crippen LogP contribution < -0.4 is 15.4 Å². The van der Waals surface area contributed by atoms with Crippen LogP contribution in [0.4, 0.5) is 5.69 Å². The fraction of sp³-hybridized carbons (Fsp3) is 0.364. The van der Waals surface area contributed by atoms with E-state index >= 15 is 0 Å². The lowest BCUT2D eigenvalue weighted by Crippen LogP contribution is -2.36. The van der Waals surface area contributed by atoms with Crippen LogP contribution in [0.1, 0.15) is 6.92 Å². The van der Waals surface area contributed by atoms with Crippen molar-refractivity contribution < 1.29 is 13.2 Å². The summed E-state index contributed by atoms with van der Waals surface area (Å²) in [5, 5.41) is 5.31. The first-order chi connectivity index (χ1) is 8.51. The molecule has 0 bridgehead atoms. The van der Waals surface area contributed by atoms with E-state index in [1.165, 1.54) is 6.07 Å². The van der Waals surface area contributed by atoms with Gasteiger partial charge in [0, 0.05) is 13.6 Å². The maximum absolute atomic E-state index is 12.0. The molecule has 0 atom stereocenters. The first-order valence-corrected chi connectivity index (χ1v) is 7.02. The van der Waals surface area contributed by atoms with Gasteiger partial charge in [0.1, 0.15) is 4.90 Å². The van der Waals surface area contributed by atoms with Gasteiger partial charge in [0.25, 0.3) is 0 Å². The number of anilines is 1. The van der Waals surface area contributed by atoms with Crippen LogP contribution in [-0.2, 0) is 14.8 Å². The molecule has 0 heterocycles. The summed E-state index contributed by atoms with van der Waals surface area (Å²) in [6.45, 7) is 1.96. The highest BCUT2D eigenvalue weighted by atomic mass is 32.2. The minimum Gasteiger partial charge on any atom is -0.387 e. The summed E-state index contributed by atoms with van der Waals surface area (Å²) in [5.41, 5.74) is 0.487. The molecule has 7 heteroatoms. The Morgan fingerprint density at radius 3 is 2.56 bits per heavy atom. The molecule has 6 nitrogen and oxygen atoms in total. The van der Waals surface area contributed by atoms with Gasteiger partial charge in [-0.15, -0.1) is 0 Å². The Labute approximate surface area is 107 Å². The Kier molecular flexibility index (Phi) is 5.11. The van der Waals surface area contributed by atoms with Crippen molar-refractivity contribution in [2.75, 3.05) is 25.5 Å². The summed E-state index contributed by atoms with van der Waals surface area (Å²) < 4.78 is 26.2. The number of sulfonamides is 1. The van der Waals surface area contributed by atoms with Gasteiger partial charge < -0.3 is 10.6 Å². The lowest BCUT2D eigenvalue weighted by Gasteiger charge is -2.10. The van der Waals surface area contributed by atoms with Crippen molar-refractivity contribution in [3.8, 4) is 0 Å². The van der Waals surface area contributed by atoms with Crippen LogP contribution in [0.15, 0.2) is 29.2 Å². The average molecular weight is 271 g/mol. The zero-order valence-electron chi connectivity index (χ0n) is 10.4. The molecule has 0 spiro atoms. The third kappa shape index (κ3) is 3.71. The number of carbonyl (C=O) groups is 1. The Hall–Kier alpha value is -1.60. The summed E-state index contributed by atoms with van der Waals surface area (Å²) >= 11 is 0. The molecule has 0 aliphatic carbocycles. The van der Waals surface area contributed by atoms with Crippen molar-refractivity contribution in [2.24, 2.45) is 0 Å². The maximum Gasteiger partial charge on any atom is 0.243 e. The van der Waals surface area contributed by atoms with Crippen LogP contribution in [0.25, 0.3) is 0 Å². The Balaban J connectivity index is 2.83. The second-order valence-electron chi connectivity index (χ2n) is 3.52. The van der Waals surface area contributed by atoms with E-state index in [1.807, 2.05) is 0 Å². The third-order valence-corrected chi connectivity index (χ3v) is 3.70. The van der Waals surface area contributed by atoms with Crippen LogP contribution in [0.2, 0.25) is 0 Å². The second-order valence-corrected chi connectivity index (χ2v) is 5.26. The van der Waals surface area contributed by atoms with Crippen molar-refractivity contribution >= 4 is 21.6 Å². The van der Waals surface area contributed by atoms with Gasteiger partial charge in [0.05, 0.1) is 12.2 Å². The highest BCUT2D eigenvalue weighted by Crippen LogP contribution is 2.19. The Morgan fingerprint density at radius 1 is 1.28 bits per heavy atom. The van der Waals surface area contributed by atoms with E-state index in [-0.39, 0.29) is 17.3 Å².